The largest absolute Gasteiger partial charge is 0.468 e. The molecule has 0 radical (unpaired) electrons. The molecule has 0 saturated carbocycles. The number of ether oxygens (including phenoxy) is 1. The number of rotatable bonds is 3. The minimum absolute atomic E-state index is 0.109. The monoisotopic (exact) mass is 287 g/mol. The van der Waals surface area contributed by atoms with Crippen molar-refractivity contribution >= 4 is 15.8 Å². The molecule has 0 unspecified atom stereocenters. The van der Waals surface area contributed by atoms with Crippen molar-refractivity contribution in [2.24, 2.45) is 5.92 Å². The molecule has 5 nitrogen and oxygen atoms in total. The summed E-state index contributed by atoms with van der Waals surface area (Å²) in [4.78, 5) is 13.7. The van der Waals surface area contributed by atoms with Gasteiger partial charge in [-0.15, -0.1) is 0 Å². The average molecular weight is 287 g/mol. The highest BCUT2D eigenvalue weighted by molar-refractivity contribution is 7.91. The summed E-state index contributed by atoms with van der Waals surface area (Å²) in [6.07, 6.45) is 7.53. The van der Waals surface area contributed by atoms with Crippen molar-refractivity contribution in [1.29, 1.82) is 0 Å². The van der Waals surface area contributed by atoms with Crippen LogP contribution in [-0.4, -0.2) is 57.0 Å². The zero-order valence-corrected chi connectivity index (χ0v) is 12.1. The molecule has 0 bridgehead atoms. The topological polar surface area (TPSA) is 63.7 Å². The van der Waals surface area contributed by atoms with E-state index in [1.165, 1.54) is 7.11 Å². The minimum Gasteiger partial charge on any atom is -0.468 e. The van der Waals surface area contributed by atoms with E-state index in [0.717, 1.165) is 25.8 Å². The molecule has 108 valence electrons. The second-order valence-corrected chi connectivity index (χ2v) is 7.53. The zero-order chi connectivity index (χ0) is 13.9. The van der Waals surface area contributed by atoms with Gasteiger partial charge in [-0.1, -0.05) is 12.2 Å². The summed E-state index contributed by atoms with van der Waals surface area (Å²) in [5.41, 5.74) is 0. The van der Waals surface area contributed by atoms with Crippen molar-refractivity contribution in [3.63, 3.8) is 0 Å². The molecule has 2 rings (SSSR count). The molecule has 1 heterocycles. The highest BCUT2D eigenvalue weighted by Gasteiger charge is 2.37. The van der Waals surface area contributed by atoms with Crippen LogP contribution in [0, 0.1) is 5.92 Å². The van der Waals surface area contributed by atoms with E-state index in [-0.39, 0.29) is 11.5 Å². The first-order valence-corrected chi connectivity index (χ1v) is 8.51. The second-order valence-electron chi connectivity index (χ2n) is 5.30. The Hall–Kier alpha value is -0.880. The molecule has 1 saturated heterocycles. The number of hydrogen-bond donors (Lipinski definition) is 0. The maximum atomic E-state index is 11.8. The van der Waals surface area contributed by atoms with Crippen LogP contribution in [0.5, 0.6) is 0 Å². The third-order valence-electron chi connectivity index (χ3n) is 3.89. The van der Waals surface area contributed by atoms with E-state index < -0.39 is 21.8 Å². The lowest BCUT2D eigenvalue weighted by Crippen LogP contribution is -2.54. The van der Waals surface area contributed by atoms with Gasteiger partial charge in [0.15, 0.2) is 9.84 Å². The molecular formula is C13H21NO4S. The van der Waals surface area contributed by atoms with Gasteiger partial charge in [0, 0.05) is 13.1 Å². The Bertz CT molecular complexity index is 457. The number of carbonyl (C=O) groups excluding carboxylic acids is 1. The molecule has 0 aromatic carbocycles. The molecule has 0 N–H and O–H groups in total. The molecule has 0 aromatic heterocycles. The molecule has 1 fully saturated rings. The fourth-order valence-corrected chi connectivity index (χ4v) is 4.27. The number of esters is 1. The first-order chi connectivity index (χ1) is 9.02. The van der Waals surface area contributed by atoms with Crippen molar-refractivity contribution in [2.75, 3.05) is 31.7 Å². The Labute approximate surface area is 114 Å². The molecule has 1 aliphatic heterocycles. The number of allylic oxidation sites excluding steroid dienone is 2. The van der Waals surface area contributed by atoms with Gasteiger partial charge in [0.05, 0.1) is 18.6 Å². The Morgan fingerprint density at radius 1 is 1.42 bits per heavy atom. The maximum absolute atomic E-state index is 11.8. The molecule has 19 heavy (non-hydrogen) atoms. The molecule has 0 aromatic rings. The lowest BCUT2D eigenvalue weighted by molar-refractivity contribution is -0.146. The van der Waals surface area contributed by atoms with Crippen LogP contribution in [0.15, 0.2) is 12.2 Å². The van der Waals surface area contributed by atoms with E-state index in [9.17, 15) is 13.2 Å². The normalized spacial score (nSPS) is 31.0. The molecular weight excluding hydrogens is 266 g/mol. The Morgan fingerprint density at radius 2 is 2.21 bits per heavy atom. The summed E-state index contributed by atoms with van der Waals surface area (Å²) in [6.45, 7) is 1.21. The lowest BCUT2D eigenvalue weighted by Gasteiger charge is -2.36. The van der Waals surface area contributed by atoms with Gasteiger partial charge in [0.2, 0.25) is 0 Å². The summed E-state index contributed by atoms with van der Waals surface area (Å²) < 4.78 is 28.1. The molecule has 0 spiro atoms. The Kier molecular flexibility index (Phi) is 4.62. The maximum Gasteiger partial charge on any atom is 0.324 e. The van der Waals surface area contributed by atoms with Gasteiger partial charge in [-0.05, 0) is 25.2 Å². The number of methoxy groups -OCH3 is 1. The quantitative estimate of drug-likeness (QED) is 0.562. The summed E-state index contributed by atoms with van der Waals surface area (Å²) >= 11 is 0. The van der Waals surface area contributed by atoms with E-state index in [1.807, 2.05) is 4.90 Å². The lowest BCUT2D eigenvalue weighted by atomic mass is 9.93. The van der Waals surface area contributed by atoms with Crippen LogP contribution < -0.4 is 0 Å². The van der Waals surface area contributed by atoms with Crippen molar-refractivity contribution < 1.29 is 17.9 Å². The third kappa shape index (κ3) is 3.79. The number of carbonyl (C=O) groups is 1. The van der Waals surface area contributed by atoms with Gasteiger partial charge < -0.3 is 4.74 Å². The number of hydrogen-bond acceptors (Lipinski definition) is 5. The minimum atomic E-state index is -3.12. The van der Waals surface area contributed by atoms with Gasteiger partial charge in [-0.2, -0.15) is 0 Å². The summed E-state index contributed by atoms with van der Waals surface area (Å²) in [6, 6.07) is -0.630. The third-order valence-corrected chi connectivity index (χ3v) is 5.51. The van der Waals surface area contributed by atoms with Crippen molar-refractivity contribution in [3.8, 4) is 0 Å². The van der Waals surface area contributed by atoms with Crippen molar-refractivity contribution in [3.05, 3.63) is 12.2 Å². The van der Waals surface area contributed by atoms with E-state index >= 15 is 0 Å². The van der Waals surface area contributed by atoms with E-state index in [4.69, 9.17) is 4.74 Å². The first kappa shape index (κ1) is 14.5. The van der Waals surface area contributed by atoms with Crippen LogP contribution in [0.2, 0.25) is 0 Å². The highest BCUT2D eigenvalue weighted by Crippen LogP contribution is 2.22. The standard InChI is InChI=1S/C13H21NO4S/c1-18-13(15)12-10-19(16,17)8-7-14(12)9-11-5-3-2-4-6-11/h2-3,11-12H,4-10H2,1H3/t11-,12-/m1/s1. The molecule has 6 heteroatoms. The van der Waals surface area contributed by atoms with Crippen LogP contribution in [0.25, 0.3) is 0 Å². The second kappa shape index (κ2) is 6.05. The Morgan fingerprint density at radius 3 is 2.84 bits per heavy atom. The van der Waals surface area contributed by atoms with Crippen molar-refractivity contribution in [1.82, 2.24) is 4.90 Å². The van der Waals surface area contributed by atoms with Crippen LogP contribution in [-0.2, 0) is 19.4 Å². The van der Waals surface area contributed by atoms with Crippen LogP contribution in [0.1, 0.15) is 19.3 Å². The van der Waals surface area contributed by atoms with Gasteiger partial charge in [-0.25, -0.2) is 8.42 Å². The summed E-state index contributed by atoms with van der Waals surface area (Å²) in [5, 5.41) is 0. The Balaban J connectivity index is 2.04. The molecule has 2 aliphatic rings. The average Bonchev–Trinajstić information content (AvgIpc) is 2.41. The molecule has 2 atom stereocenters. The van der Waals surface area contributed by atoms with E-state index in [1.54, 1.807) is 0 Å². The molecule has 0 amide bonds. The zero-order valence-electron chi connectivity index (χ0n) is 11.2. The fourth-order valence-electron chi connectivity index (χ4n) is 2.77. The SMILES string of the molecule is COC(=O)[C@H]1CS(=O)(=O)CCN1C[C@@H]1CC=CCC1. The fraction of sp³-hybridized carbons (Fsp3) is 0.769. The van der Waals surface area contributed by atoms with Gasteiger partial charge in [0.1, 0.15) is 6.04 Å². The predicted octanol–water partition coefficient (Wildman–Crippen LogP) is 0.615. The predicted molar refractivity (Wildman–Crippen MR) is 72.5 cm³/mol. The van der Waals surface area contributed by atoms with Gasteiger partial charge >= 0.3 is 5.97 Å². The first-order valence-electron chi connectivity index (χ1n) is 6.69. The van der Waals surface area contributed by atoms with Crippen molar-refractivity contribution in [2.45, 2.75) is 25.3 Å². The molecule has 1 aliphatic carbocycles. The van der Waals surface area contributed by atoms with Gasteiger partial charge in [0.25, 0.3) is 0 Å². The number of sulfone groups is 1. The van der Waals surface area contributed by atoms with E-state index in [2.05, 4.69) is 12.2 Å². The van der Waals surface area contributed by atoms with Crippen LogP contribution >= 0.6 is 0 Å². The van der Waals surface area contributed by atoms with Crippen LogP contribution in [0.3, 0.4) is 0 Å². The highest BCUT2D eigenvalue weighted by atomic mass is 32.2. The van der Waals surface area contributed by atoms with Gasteiger partial charge in [-0.3, -0.25) is 9.69 Å². The number of nitrogens with zero attached hydrogens (tertiary/aromatic N) is 1. The summed E-state index contributed by atoms with van der Waals surface area (Å²) in [5.74, 6) is 0.109. The smallest absolute Gasteiger partial charge is 0.324 e. The van der Waals surface area contributed by atoms with E-state index in [0.29, 0.717) is 12.5 Å². The summed E-state index contributed by atoms with van der Waals surface area (Å²) in [7, 11) is -1.81. The van der Waals surface area contributed by atoms with Crippen LogP contribution in [0.4, 0.5) is 0 Å².